The maximum absolute atomic E-state index is 12.6. The van der Waals surface area contributed by atoms with Crippen LogP contribution in [-0.2, 0) is 4.74 Å². The van der Waals surface area contributed by atoms with Crippen molar-refractivity contribution < 1.29 is 9.53 Å². The van der Waals surface area contributed by atoms with Crippen LogP contribution in [0, 0.1) is 46.3 Å². The van der Waals surface area contributed by atoms with Crippen molar-refractivity contribution in [2.75, 3.05) is 0 Å². The lowest BCUT2D eigenvalue weighted by Crippen LogP contribution is -2.51. The highest BCUT2D eigenvalue weighted by Gasteiger charge is 2.59. The number of esters is 1. The molecule has 0 aromatic carbocycles. The van der Waals surface area contributed by atoms with E-state index in [1.54, 1.807) is 30.1 Å². The van der Waals surface area contributed by atoms with Crippen LogP contribution in [0.25, 0.3) is 0 Å². The molecule has 4 aliphatic carbocycles. The number of carbonyl (C=O) groups excluding carboxylic acids is 1. The monoisotopic (exact) mass is 491 g/mol. The van der Waals surface area contributed by atoms with E-state index >= 15 is 0 Å². The molecular formula is C33H49NO2. The lowest BCUT2D eigenvalue weighted by Gasteiger charge is -2.58. The summed E-state index contributed by atoms with van der Waals surface area (Å²) in [6, 6.07) is 3.60. The van der Waals surface area contributed by atoms with Crippen molar-refractivity contribution in [2.45, 2.75) is 111 Å². The highest BCUT2D eigenvalue weighted by molar-refractivity contribution is 5.89. The van der Waals surface area contributed by atoms with Crippen LogP contribution in [0.5, 0.6) is 0 Å². The number of ether oxygens (including phenoxy) is 1. The minimum absolute atomic E-state index is 0.00462. The molecule has 3 heteroatoms. The summed E-state index contributed by atoms with van der Waals surface area (Å²) in [5.74, 6) is 4.93. The quantitative estimate of drug-likeness (QED) is 0.283. The largest absolute Gasteiger partial charge is 0.458 e. The molecule has 0 aliphatic heterocycles. The SMILES string of the molecule is CC(C)CCC[C@H](C)[C@@H]1CC[C@@H]2[C@@H]3CC=C4C[C@H](OC(=O)c5cccnc5)CC[C@]4(C)[C@@H]3CC[C@@]21C. The molecule has 0 spiro atoms. The Morgan fingerprint density at radius 2 is 1.92 bits per heavy atom. The van der Waals surface area contributed by atoms with Crippen LogP contribution in [0.4, 0.5) is 0 Å². The molecule has 4 aliphatic rings. The van der Waals surface area contributed by atoms with Crippen molar-refractivity contribution in [2.24, 2.45) is 46.3 Å². The first kappa shape index (κ1) is 26.0. The molecule has 1 aromatic heterocycles. The number of fused-ring (bicyclic) bond motifs is 5. The lowest BCUT2D eigenvalue weighted by molar-refractivity contribution is -0.0594. The summed E-state index contributed by atoms with van der Waals surface area (Å²) in [6.45, 7) is 12.5. The van der Waals surface area contributed by atoms with Crippen LogP contribution in [0.3, 0.4) is 0 Å². The maximum atomic E-state index is 12.6. The topological polar surface area (TPSA) is 39.2 Å². The van der Waals surface area contributed by atoms with E-state index in [4.69, 9.17) is 4.74 Å². The average molecular weight is 492 g/mol. The van der Waals surface area contributed by atoms with Gasteiger partial charge in [-0.05, 0) is 103 Å². The Bertz CT molecular complexity index is 954. The predicted octanol–water partition coefficient (Wildman–Crippen LogP) is 8.65. The van der Waals surface area contributed by atoms with Gasteiger partial charge in [0, 0.05) is 18.8 Å². The van der Waals surface area contributed by atoms with Crippen molar-refractivity contribution in [3.63, 3.8) is 0 Å². The molecule has 1 aromatic rings. The molecule has 3 saturated carbocycles. The van der Waals surface area contributed by atoms with Gasteiger partial charge in [0.1, 0.15) is 6.10 Å². The Balaban J connectivity index is 1.25. The van der Waals surface area contributed by atoms with Crippen LogP contribution < -0.4 is 0 Å². The van der Waals surface area contributed by atoms with Gasteiger partial charge in [0.2, 0.25) is 0 Å². The van der Waals surface area contributed by atoms with Gasteiger partial charge in [-0.1, -0.05) is 65.5 Å². The number of rotatable bonds is 7. The smallest absolute Gasteiger partial charge is 0.339 e. The molecule has 0 N–H and O–H groups in total. The maximum Gasteiger partial charge on any atom is 0.339 e. The molecule has 3 fully saturated rings. The Kier molecular flexibility index (Phi) is 7.40. The first-order chi connectivity index (χ1) is 17.2. The number of hydrogen-bond donors (Lipinski definition) is 0. The highest BCUT2D eigenvalue weighted by atomic mass is 16.5. The number of carbonyl (C=O) groups is 1. The van der Waals surface area contributed by atoms with E-state index in [2.05, 4.69) is 45.7 Å². The summed E-state index contributed by atoms with van der Waals surface area (Å²) in [4.78, 5) is 16.7. The van der Waals surface area contributed by atoms with Gasteiger partial charge < -0.3 is 4.74 Å². The van der Waals surface area contributed by atoms with Crippen LogP contribution >= 0.6 is 0 Å². The van der Waals surface area contributed by atoms with Gasteiger partial charge in [-0.2, -0.15) is 0 Å². The number of aromatic nitrogens is 1. The van der Waals surface area contributed by atoms with E-state index in [0.29, 0.717) is 16.4 Å². The summed E-state index contributed by atoms with van der Waals surface area (Å²) in [5.41, 5.74) is 2.97. The number of hydrogen-bond acceptors (Lipinski definition) is 3. The van der Waals surface area contributed by atoms with Gasteiger partial charge in [0.15, 0.2) is 0 Å². The standard InChI is InChI=1S/C33H49NO2/c1-22(2)8-6-9-23(3)28-13-14-29-27-12-11-25-20-26(36-31(35)24-10-7-19-34-21-24)15-17-32(25,4)30(27)16-18-33(28,29)5/h7,10-11,19,21-23,26-30H,6,8-9,12-18,20H2,1-5H3/t23-,26+,27-,28-,29+,30+,32-,33+/m0/s1. The fourth-order valence-corrected chi connectivity index (χ4v) is 9.46. The van der Waals surface area contributed by atoms with Gasteiger partial charge in [-0.15, -0.1) is 0 Å². The molecule has 0 unspecified atom stereocenters. The molecule has 36 heavy (non-hydrogen) atoms. The molecule has 0 radical (unpaired) electrons. The van der Waals surface area contributed by atoms with Gasteiger partial charge >= 0.3 is 5.97 Å². The van der Waals surface area contributed by atoms with E-state index in [9.17, 15) is 4.79 Å². The average Bonchev–Trinajstić information content (AvgIpc) is 3.22. The lowest BCUT2D eigenvalue weighted by atomic mass is 9.47. The summed E-state index contributed by atoms with van der Waals surface area (Å²) < 4.78 is 5.96. The molecule has 3 nitrogen and oxygen atoms in total. The second-order valence-corrected chi connectivity index (χ2v) is 13.8. The van der Waals surface area contributed by atoms with E-state index in [-0.39, 0.29) is 12.1 Å². The fraction of sp³-hybridized carbons (Fsp3) is 0.758. The van der Waals surface area contributed by atoms with Crippen LogP contribution in [-0.4, -0.2) is 17.1 Å². The second-order valence-electron chi connectivity index (χ2n) is 13.8. The van der Waals surface area contributed by atoms with Crippen molar-refractivity contribution in [3.8, 4) is 0 Å². The van der Waals surface area contributed by atoms with E-state index in [1.807, 2.05) is 0 Å². The molecule has 8 atom stereocenters. The highest BCUT2D eigenvalue weighted by Crippen LogP contribution is 2.67. The summed E-state index contributed by atoms with van der Waals surface area (Å²) in [6.07, 6.45) is 20.1. The summed E-state index contributed by atoms with van der Waals surface area (Å²) in [5, 5.41) is 0. The normalized spacial score (nSPS) is 38.5. The zero-order valence-corrected chi connectivity index (χ0v) is 23.5. The van der Waals surface area contributed by atoms with Crippen LogP contribution in [0.2, 0.25) is 0 Å². The summed E-state index contributed by atoms with van der Waals surface area (Å²) in [7, 11) is 0. The van der Waals surface area contributed by atoms with Crippen molar-refractivity contribution in [1.29, 1.82) is 0 Å². The van der Waals surface area contributed by atoms with Crippen molar-refractivity contribution in [3.05, 3.63) is 41.7 Å². The molecule has 198 valence electrons. The number of nitrogens with zero attached hydrogens (tertiary/aromatic N) is 1. The predicted molar refractivity (Wildman–Crippen MR) is 146 cm³/mol. The Hall–Kier alpha value is -1.64. The minimum Gasteiger partial charge on any atom is -0.458 e. The first-order valence-electron chi connectivity index (χ1n) is 15.0. The number of allylic oxidation sites excluding steroid dienone is 1. The number of pyridine rings is 1. The minimum atomic E-state index is -0.223. The molecule has 1 heterocycles. The first-order valence-corrected chi connectivity index (χ1v) is 15.0. The fourth-order valence-electron chi connectivity index (χ4n) is 9.46. The molecule has 0 bridgehead atoms. The Labute approximate surface area is 219 Å². The second kappa shape index (κ2) is 10.3. The van der Waals surface area contributed by atoms with E-state index in [1.165, 1.54) is 51.4 Å². The van der Waals surface area contributed by atoms with Gasteiger partial charge in [-0.25, -0.2) is 4.79 Å². The van der Waals surface area contributed by atoms with Gasteiger partial charge in [0.05, 0.1) is 5.56 Å². The Morgan fingerprint density at radius 3 is 2.67 bits per heavy atom. The van der Waals surface area contributed by atoms with Crippen molar-refractivity contribution >= 4 is 5.97 Å². The molecule has 0 saturated heterocycles. The van der Waals surface area contributed by atoms with Crippen LogP contribution in [0.1, 0.15) is 116 Å². The van der Waals surface area contributed by atoms with E-state index < -0.39 is 0 Å². The third kappa shape index (κ3) is 4.69. The van der Waals surface area contributed by atoms with E-state index in [0.717, 1.165) is 54.8 Å². The van der Waals surface area contributed by atoms with Gasteiger partial charge in [-0.3, -0.25) is 4.98 Å². The van der Waals surface area contributed by atoms with Crippen LogP contribution in [0.15, 0.2) is 36.2 Å². The van der Waals surface area contributed by atoms with Gasteiger partial charge in [0.25, 0.3) is 0 Å². The molecule has 0 amide bonds. The zero-order valence-electron chi connectivity index (χ0n) is 23.5. The molecule has 5 rings (SSSR count). The zero-order chi connectivity index (χ0) is 25.5. The Morgan fingerprint density at radius 1 is 1.08 bits per heavy atom. The third-order valence-corrected chi connectivity index (χ3v) is 11.4. The van der Waals surface area contributed by atoms with Crippen molar-refractivity contribution in [1.82, 2.24) is 4.98 Å². The third-order valence-electron chi connectivity index (χ3n) is 11.4. The molecular weight excluding hydrogens is 442 g/mol. The summed E-state index contributed by atoms with van der Waals surface area (Å²) >= 11 is 0.